The average molecular weight is 322 g/mol. The molecule has 0 radical (unpaired) electrons. The largest absolute Gasteiger partial charge is 0.326 e. The summed E-state index contributed by atoms with van der Waals surface area (Å²) >= 11 is 4.08. The highest BCUT2D eigenvalue weighted by molar-refractivity contribution is 9.09. The summed E-state index contributed by atoms with van der Waals surface area (Å²) in [5.74, 6) is -0.0414. The molecule has 0 saturated carbocycles. The Morgan fingerprint density at radius 2 is 2.35 bits per heavy atom. The van der Waals surface area contributed by atoms with Gasteiger partial charge >= 0.3 is 0 Å². The van der Waals surface area contributed by atoms with Crippen molar-refractivity contribution >= 4 is 39.6 Å². The topological polar surface area (TPSA) is 67.8 Å². The molecule has 0 aromatic heterocycles. The van der Waals surface area contributed by atoms with E-state index in [2.05, 4.69) is 30.6 Å². The lowest BCUT2D eigenvalue weighted by molar-refractivity contribution is -0.432. The number of carbonyl (C=O) groups is 1. The summed E-state index contributed by atoms with van der Waals surface area (Å²) in [4.78, 5) is 12.2. The van der Waals surface area contributed by atoms with Gasteiger partial charge in [-0.2, -0.15) is 0 Å². The summed E-state index contributed by atoms with van der Waals surface area (Å²) in [5, 5.41) is 15.0. The van der Waals surface area contributed by atoms with E-state index in [1.807, 2.05) is 13.0 Å². The van der Waals surface area contributed by atoms with E-state index in [0.29, 0.717) is 11.8 Å². The van der Waals surface area contributed by atoms with Crippen molar-refractivity contribution in [3.8, 4) is 0 Å². The van der Waals surface area contributed by atoms with Crippen molar-refractivity contribution in [2.24, 2.45) is 0 Å². The van der Waals surface area contributed by atoms with Crippen LogP contribution in [0, 0.1) is 6.92 Å². The first-order chi connectivity index (χ1) is 8.17. The van der Waals surface area contributed by atoms with E-state index in [1.165, 1.54) is 0 Å². The second kappa shape index (κ2) is 7.67. The van der Waals surface area contributed by atoms with E-state index in [0.717, 1.165) is 28.2 Å². The van der Waals surface area contributed by atoms with Gasteiger partial charge < -0.3 is 5.32 Å². The molecule has 0 bridgehead atoms. The van der Waals surface area contributed by atoms with Crippen molar-refractivity contribution in [2.75, 3.05) is 10.6 Å². The van der Waals surface area contributed by atoms with Gasteiger partial charge in [-0.1, -0.05) is 21.0 Å². The zero-order valence-corrected chi connectivity index (χ0v) is 11.5. The maximum Gasteiger partial charge on any atom is 0.225 e. The highest BCUT2D eigenvalue weighted by atomic mass is 79.9. The van der Waals surface area contributed by atoms with Gasteiger partial charge in [-0.05, 0) is 30.7 Å². The van der Waals surface area contributed by atoms with Crippen LogP contribution < -0.4 is 5.32 Å². The molecule has 1 aromatic rings. The summed E-state index contributed by atoms with van der Waals surface area (Å²) in [7, 11) is 0. The van der Waals surface area contributed by atoms with E-state index >= 15 is 0 Å². The van der Waals surface area contributed by atoms with Crippen molar-refractivity contribution in [1.82, 2.24) is 0 Å². The van der Waals surface area contributed by atoms with Gasteiger partial charge in [-0.3, -0.25) is 4.79 Å². The van der Waals surface area contributed by atoms with Crippen LogP contribution in [0.25, 0.3) is 0 Å². The van der Waals surface area contributed by atoms with Gasteiger partial charge in [-0.15, -0.1) is 4.33 Å². The summed E-state index contributed by atoms with van der Waals surface area (Å²) in [5.41, 5.74) is 1.66. The molecule has 0 atom stereocenters. The van der Waals surface area contributed by atoms with Crippen LogP contribution in [-0.4, -0.2) is 16.5 Å². The second-order valence-corrected chi connectivity index (χ2v) is 4.76. The predicted molar refractivity (Wildman–Crippen MR) is 68.9 cm³/mol. The lowest BCUT2D eigenvalue weighted by Crippen LogP contribution is -2.12. The van der Waals surface area contributed by atoms with Crippen LogP contribution in [0.2, 0.25) is 0 Å². The summed E-state index contributed by atoms with van der Waals surface area (Å²) in [6.45, 7) is 1.87. The lowest BCUT2D eigenvalue weighted by atomic mass is 10.2. The van der Waals surface area contributed by atoms with Gasteiger partial charge in [0.1, 0.15) is 0 Å². The number of anilines is 1. The maximum absolute atomic E-state index is 11.4. The summed E-state index contributed by atoms with van der Waals surface area (Å²) in [6, 6.07) is 5.33. The van der Waals surface area contributed by atoms with Gasteiger partial charge in [-0.25, -0.2) is 5.26 Å². The Morgan fingerprint density at radius 1 is 1.59 bits per heavy atom. The lowest BCUT2D eigenvalue weighted by Gasteiger charge is -2.08. The molecule has 2 N–H and O–H groups in total. The van der Waals surface area contributed by atoms with Crippen molar-refractivity contribution in [1.29, 1.82) is 0 Å². The van der Waals surface area contributed by atoms with Crippen molar-refractivity contribution < 1.29 is 19.4 Å². The molecule has 0 aliphatic carbocycles. The zero-order chi connectivity index (χ0) is 12.7. The van der Waals surface area contributed by atoms with E-state index in [4.69, 9.17) is 5.26 Å². The molecule has 0 saturated heterocycles. The standard InChI is InChI=1S/C10H12BrNO4S/c1-7-6-8(17-16-15-14)2-3-9(7)12-10(13)4-5-11/h2-3,6,14H,4-5H2,1H3,(H,12,13). The quantitative estimate of drug-likeness (QED) is 0.364. The number of benzene rings is 1. The van der Waals surface area contributed by atoms with Gasteiger partial charge in [0.2, 0.25) is 5.91 Å². The molecule has 1 rings (SSSR count). The highest BCUT2D eigenvalue weighted by Crippen LogP contribution is 2.24. The van der Waals surface area contributed by atoms with Crippen molar-refractivity contribution in [2.45, 2.75) is 18.2 Å². The van der Waals surface area contributed by atoms with Gasteiger partial charge in [0.25, 0.3) is 0 Å². The first-order valence-electron chi connectivity index (χ1n) is 4.78. The minimum absolute atomic E-state index is 0.0414. The molecule has 0 aliphatic rings. The molecule has 0 heterocycles. The highest BCUT2D eigenvalue weighted by Gasteiger charge is 2.05. The van der Waals surface area contributed by atoms with Gasteiger partial charge in [0.05, 0.1) is 12.0 Å². The van der Waals surface area contributed by atoms with Crippen molar-refractivity contribution in [3.05, 3.63) is 23.8 Å². The second-order valence-electron chi connectivity index (χ2n) is 3.19. The van der Waals surface area contributed by atoms with E-state index in [-0.39, 0.29) is 5.91 Å². The Hall–Kier alpha value is -0.600. The molecule has 1 aromatic carbocycles. The SMILES string of the molecule is Cc1cc(SOOO)ccc1NC(=O)CCBr. The summed E-state index contributed by atoms with van der Waals surface area (Å²) < 4.78 is 4.31. The monoisotopic (exact) mass is 321 g/mol. The smallest absolute Gasteiger partial charge is 0.225 e. The molecule has 0 unspecified atom stereocenters. The van der Waals surface area contributed by atoms with Crippen LogP contribution in [0.15, 0.2) is 23.1 Å². The Kier molecular flexibility index (Phi) is 6.53. The van der Waals surface area contributed by atoms with E-state index in [9.17, 15) is 4.79 Å². The molecule has 94 valence electrons. The Labute approximate surface area is 112 Å². The molecular weight excluding hydrogens is 310 g/mol. The molecule has 1 amide bonds. The number of alkyl halides is 1. The number of halogens is 1. The van der Waals surface area contributed by atoms with Crippen LogP contribution in [0.3, 0.4) is 0 Å². The molecule has 0 spiro atoms. The molecule has 0 fully saturated rings. The fraction of sp³-hybridized carbons (Fsp3) is 0.300. The van der Waals surface area contributed by atoms with Gasteiger partial charge in [0, 0.05) is 22.3 Å². The zero-order valence-electron chi connectivity index (χ0n) is 9.10. The molecule has 5 nitrogen and oxygen atoms in total. The van der Waals surface area contributed by atoms with Crippen LogP contribution in [-0.2, 0) is 14.2 Å². The fourth-order valence-corrected chi connectivity index (χ4v) is 2.00. The minimum Gasteiger partial charge on any atom is -0.326 e. The molecule has 7 heteroatoms. The normalized spacial score (nSPS) is 10.3. The molecule has 0 aliphatic heterocycles. The van der Waals surface area contributed by atoms with Gasteiger partial charge in [0.15, 0.2) is 0 Å². The number of amides is 1. The van der Waals surface area contributed by atoms with Crippen molar-refractivity contribution in [3.63, 3.8) is 0 Å². The minimum atomic E-state index is -0.0414. The number of hydrogen-bond acceptors (Lipinski definition) is 5. The molecular formula is C10H12BrNO4S. The fourth-order valence-electron chi connectivity index (χ4n) is 1.18. The Bertz CT molecular complexity index is 389. The van der Waals surface area contributed by atoms with Crippen LogP contribution in [0.1, 0.15) is 12.0 Å². The Balaban J connectivity index is 2.65. The number of nitrogens with one attached hydrogen (secondary N) is 1. The number of rotatable bonds is 6. The third-order valence-corrected chi connectivity index (χ3v) is 2.93. The van der Waals surface area contributed by atoms with Crippen LogP contribution in [0.4, 0.5) is 5.69 Å². The first kappa shape index (κ1) is 14.5. The Morgan fingerprint density at radius 3 is 2.94 bits per heavy atom. The van der Waals surface area contributed by atoms with Crippen LogP contribution in [0.5, 0.6) is 0 Å². The maximum atomic E-state index is 11.4. The first-order valence-corrected chi connectivity index (χ1v) is 6.65. The average Bonchev–Trinajstić information content (AvgIpc) is 2.30. The number of carbonyl (C=O) groups excluding carboxylic acids is 1. The molecule has 17 heavy (non-hydrogen) atoms. The predicted octanol–water partition coefficient (Wildman–Crippen LogP) is 3.15. The number of aryl methyl sites for hydroxylation is 1. The third kappa shape index (κ3) is 5.05. The van der Waals surface area contributed by atoms with E-state index < -0.39 is 0 Å². The third-order valence-electron chi connectivity index (χ3n) is 1.95. The summed E-state index contributed by atoms with van der Waals surface area (Å²) in [6.07, 6.45) is 0.428. The number of hydrogen-bond donors (Lipinski definition) is 2. The van der Waals surface area contributed by atoms with E-state index in [1.54, 1.807) is 12.1 Å². The van der Waals surface area contributed by atoms with Crippen LogP contribution >= 0.6 is 28.0 Å².